The summed E-state index contributed by atoms with van der Waals surface area (Å²) >= 11 is 5.25. The lowest BCUT2D eigenvalue weighted by molar-refractivity contribution is 0.389. The Morgan fingerprint density at radius 3 is 2.84 bits per heavy atom. The van der Waals surface area contributed by atoms with Crippen LogP contribution in [0.25, 0.3) is 11.4 Å². The van der Waals surface area contributed by atoms with Crippen LogP contribution in [0.4, 0.5) is 0 Å². The zero-order valence-electron chi connectivity index (χ0n) is 10.2. The van der Waals surface area contributed by atoms with E-state index in [9.17, 15) is 0 Å². The van der Waals surface area contributed by atoms with E-state index >= 15 is 0 Å². The summed E-state index contributed by atoms with van der Waals surface area (Å²) < 4.78 is 7.49. The molecule has 0 aliphatic rings. The summed E-state index contributed by atoms with van der Waals surface area (Å²) in [5.74, 6) is 1.53. The maximum Gasteiger partial charge on any atom is 0.195 e. The van der Waals surface area contributed by atoms with Crippen molar-refractivity contribution in [2.75, 3.05) is 0 Å². The molecule has 0 radical (unpaired) electrons. The summed E-state index contributed by atoms with van der Waals surface area (Å²) in [6.07, 6.45) is 3.44. The first-order chi connectivity index (χ1) is 9.24. The number of H-pyrrole nitrogens is 1. The molecule has 3 aromatic rings. The van der Waals surface area contributed by atoms with Crippen LogP contribution in [0.3, 0.4) is 0 Å². The molecule has 6 nitrogen and oxygen atoms in total. The maximum atomic E-state index is 5.25. The number of hydrogen-bond donors (Lipinski definition) is 1. The van der Waals surface area contributed by atoms with E-state index in [0.717, 1.165) is 22.8 Å². The molecule has 1 N–H and O–H groups in total. The highest BCUT2D eigenvalue weighted by atomic mass is 32.1. The summed E-state index contributed by atoms with van der Waals surface area (Å²) in [6.45, 7) is 2.37. The van der Waals surface area contributed by atoms with Gasteiger partial charge in [-0.2, -0.15) is 5.10 Å². The Balaban J connectivity index is 2.02. The maximum absolute atomic E-state index is 5.25. The van der Waals surface area contributed by atoms with Crippen LogP contribution in [0, 0.1) is 11.7 Å². The van der Waals surface area contributed by atoms with Gasteiger partial charge in [-0.15, -0.1) is 0 Å². The van der Waals surface area contributed by atoms with Crippen molar-refractivity contribution in [3.63, 3.8) is 0 Å². The van der Waals surface area contributed by atoms with Gasteiger partial charge in [-0.25, -0.2) is 0 Å². The van der Waals surface area contributed by atoms with E-state index in [2.05, 4.69) is 20.3 Å². The second-order valence-electron chi connectivity index (χ2n) is 4.10. The largest absolute Gasteiger partial charge is 0.361 e. The second kappa shape index (κ2) is 4.77. The molecular weight excluding hydrogens is 262 g/mol. The van der Waals surface area contributed by atoms with Crippen molar-refractivity contribution in [1.82, 2.24) is 24.9 Å². The highest BCUT2D eigenvalue weighted by Crippen LogP contribution is 2.17. The summed E-state index contributed by atoms with van der Waals surface area (Å²) in [6, 6.07) is 5.65. The van der Waals surface area contributed by atoms with Gasteiger partial charge in [0.15, 0.2) is 10.6 Å². The molecule has 3 heterocycles. The van der Waals surface area contributed by atoms with Crippen LogP contribution in [0.15, 0.2) is 35.1 Å². The van der Waals surface area contributed by atoms with Gasteiger partial charge in [0.2, 0.25) is 0 Å². The molecule has 3 aromatic heterocycles. The zero-order chi connectivity index (χ0) is 13.2. The Morgan fingerprint density at radius 2 is 2.16 bits per heavy atom. The number of hydrogen-bond acceptors (Lipinski definition) is 5. The number of pyridine rings is 1. The van der Waals surface area contributed by atoms with Gasteiger partial charge in [-0.3, -0.25) is 14.6 Å². The van der Waals surface area contributed by atoms with E-state index in [1.165, 1.54) is 0 Å². The lowest BCUT2D eigenvalue weighted by Crippen LogP contribution is -2.02. The van der Waals surface area contributed by atoms with Crippen LogP contribution in [0.5, 0.6) is 0 Å². The quantitative estimate of drug-likeness (QED) is 0.741. The van der Waals surface area contributed by atoms with E-state index in [-0.39, 0.29) is 0 Å². The molecule has 0 spiro atoms. The molecule has 7 heteroatoms. The molecule has 0 aliphatic carbocycles. The first kappa shape index (κ1) is 11.8. The Hall–Kier alpha value is -2.28. The number of aromatic amines is 1. The van der Waals surface area contributed by atoms with Gasteiger partial charge in [-0.05, 0) is 31.3 Å². The van der Waals surface area contributed by atoms with Crippen LogP contribution < -0.4 is 0 Å². The van der Waals surface area contributed by atoms with Gasteiger partial charge in [0.25, 0.3) is 0 Å². The lowest BCUT2D eigenvalue weighted by Gasteiger charge is -2.03. The zero-order valence-corrected chi connectivity index (χ0v) is 11.0. The Bertz CT molecular complexity index is 743. The Labute approximate surface area is 114 Å². The summed E-state index contributed by atoms with van der Waals surface area (Å²) in [4.78, 5) is 3.99. The molecule has 3 rings (SSSR count). The van der Waals surface area contributed by atoms with Gasteiger partial charge in [0.1, 0.15) is 11.5 Å². The SMILES string of the molecule is Cc1cc(Cn2c(-c3ccncc3)n[nH]c2=S)no1. The van der Waals surface area contributed by atoms with Crippen molar-refractivity contribution >= 4 is 12.2 Å². The fourth-order valence-corrected chi connectivity index (χ4v) is 2.04. The summed E-state index contributed by atoms with van der Waals surface area (Å²) in [5.41, 5.74) is 1.76. The first-order valence-electron chi connectivity index (χ1n) is 5.72. The standard InChI is InChI=1S/C12H11N5OS/c1-8-6-10(16-18-8)7-17-11(14-15-12(17)19)9-2-4-13-5-3-9/h2-6H,7H2,1H3,(H,15,19). The van der Waals surface area contributed by atoms with E-state index in [1.54, 1.807) is 12.4 Å². The molecule has 0 aliphatic heterocycles. The van der Waals surface area contributed by atoms with E-state index < -0.39 is 0 Å². The van der Waals surface area contributed by atoms with Crippen molar-refractivity contribution in [2.45, 2.75) is 13.5 Å². The molecule has 19 heavy (non-hydrogen) atoms. The molecule has 0 atom stereocenters. The van der Waals surface area contributed by atoms with Crippen LogP contribution >= 0.6 is 12.2 Å². The van der Waals surface area contributed by atoms with Crippen molar-refractivity contribution < 1.29 is 4.52 Å². The molecule has 0 unspecified atom stereocenters. The predicted molar refractivity (Wildman–Crippen MR) is 71.0 cm³/mol. The molecule has 0 aromatic carbocycles. The predicted octanol–water partition coefficient (Wildman–Crippen LogP) is 2.35. The van der Waals surface area contributed by atoms with E-state index in [0.29, 0.717) is 11.3 Å². The normalized spacial score (nSPS) is 10.8. The molecular formula is C12H11N5OS. The van der Waals surface area contributed by atoms with E-state index in [4.69, 9.17) is 16.7 Å². The third-order valence-corrected chi connectivity index (χ3v) is 3.01. The van der Waals surface area contributed by atoms with Crippen molar-refractivity contribution in [3.05, 3.63) is 46.8 Å². The first-order valence-corrected chi connectivity index (χ1v) is 6.12. The third kappa shape index (κ3) is 2.32. The highest BCUT2D eigenvalue weighted by molar-refractivity contribution is 7.71. The van der Waals surface area contributed by atoms with Crippen molar-refractivity contribution in [3.8, 4) is 11.4 Å². The van der Waals surface area contributed by atoms with Gasteiger partial charge in [0, 0.05) is 24.0 Å². The lowest BCUT2D eigenvalue weighted by atomic mass is 10.2. The van der Waals surface area contributed by atoms with Crippen LogP contribution in [0.1, 0.15) is 11.5 Å². The Morgan fingerprint density at radius 1 is 1.37 bits per heavy atom. The topological polar surface area (TPSA) is 72.5 Å². The number of nitrogens with one attached hydrogen (secondary N) is 1. The van der Waals surface area contributed by atoms with Crippen LogP contribution in [0.2, 0.25) is 0 Å². The van der Waals surface area contributed by atoms with Gasteiger partial charge >= 0.3 is 0 Å². The van der Waals surface area contributed by atoms with Crippen LogP contribution in [-0.4, -0.2) is 24.9 Å². The highest BCUT2D eigenvalue weighted by Gasteiger charge is 2.10. The average molecular weight is 273 g/mol. The number of rotatable bonds is 3. The van der Waals surface area contributed by atoms with Crippen LogP contribution in [-0.2, 0) is 6.54 Å². The number of aromatic nitrogens is 5. The smallest absolute Gasteiger partial charge is 0.195 e. The molecule has 0 saturated carbocycles. The average Bonchev–Trinajstić information content (AvgIpc) is 2.99. The minimum Gasteiger partial charge on any atom is -0.361 e. The third-order valence-electron chi connectivity index (χ3n) is 2.69. The van der Waals surface area contributed by atoms with Crippen molar-refractivity contribution in [1.29, 1.82) is 0 Å². The van der Waals surface area contributed by atoms with Crippen molar-refractivity contribution in [2.24, 2.45) is 0 Å². The Kier molecular flexibility index (Phi) is 2.96. The number of aryl methyl sites for hydroxylation is 1. The van der Waals surface area contributed by atoms with Gasteiger partial charge in [-0.1, -0.05) is 5.16 Å². The van der Waals surface area contributed by atoms with E-state index in [1.807, 2.05) is 29.7 Å². The molecule has 0 bridgehead atoms. The fraction of sp³-hybridized carbons (Fsp3) is 0.167. The summed E-state index contributed by atoms with van der Waals surface area (Å²) in [5, 5.41) is 11.0. The number of nitrogens with zero attached hydrogens (tertiary/aromatic N) is 4. The minimum absolute atomic E-state index is 0.518. The summed E-state index contributed by atoms with van der Waals surface area (Å²) in [7, 11) is 0. The van der Waals surface area contributed by atoms with Gasteiger partial charge < -0.3 is 4.52 Å². The monoisotopic (exact) mass is 273 g/mol. The molecule has 0 fully saturated rings. The van der Waals surface area contributed by atoms with Gasteiger partial charge in [0.05, 0.1) is 6.54 Å². The molecule has 96 valence electrons. The fourth-order valence-electron chi connectivity index (χ4n) is 1.84. The minimum atomic E-state index is 0.518. The second-order valence-corrected chi connectivity index (χ2v) is 4.49. The molecule has 0 saturated heterocycles. The molecule has 0 amide bonds.